The Bertz CT molecular complexity index is 2990. The van der Waals surface area contributed by atoms with Crippen LogP contribution in [0.4, 0.5) is 17.1 Å². The zero-order chi connectivity index (χ0) is 37.1. The van der Waals surface area contributed by atoms with Gasteiger partial charge in [0.1, 0.15) is 22.3 Å². The van der Waals surface area contributed by atoms with E-state index < -0.39 is 0 Å². The second-order valence-electron chi connectivity index (χ2n) is 15.4. The fourth-order valence-corrected chi connectivity index (χ4v) is 7.91. The van der Waals surface area contributed by atoms with Gasteiger partial charge in [-0.1, -0.05) is 142 Å². The Labute approximate surface area is 320 Å². The maximum atomic E-state index is 6.41. The van der Waals surface area contributed by atoms with Crippen molar-refractivity contribution in [1.82, 2.24) is 0 Å². The average molecular weight is 710 g/mol. The molecule has 55 heavy (non-hydrogen) atoms. The van der Waals surface area contributed by atoms with E-state index in [4.69, 9.17) is 8.83 Å². The lowest BCUT2D eigenvalue weighted by Crippen LogP contribution is -2.10. The number of nitrogens with zero attached hydrogens (tertiary/aromatic N) is 1. The van der Waals surface area contributed by atoms with E-state index in [9.17, 15) is 0 Å². The molecule has 10 aromatic rings. The molecule has 0 unspecified atom stereocenters. The SMILES string of the molecule is CC(C)(C)c1ccc(-c2ccc(N(c3ccc(-c4cccc5c4oc4ccccc45)cc3)c3cccc(-c4ccc5oc6ccccc6c5c4)c3)cc2)cc1. The topological polar surface area (TPSA) is 29.5 Å². The second kappa shape index (κ2) is 12.9. The van der Waals surface area contributed by atoms with Crippen LogP contribution in [0.15, 0.2) is 191 Å². The van der Waals surface area contributed by atoms with Crippen LogP contribution in [0.5, 0.6) is 0 Å². The Morgan fingerprint density at radius 1 is 0.364 bits per heavy atom. The minimum absolute atomic E-state index is 0.115. The zero-order valence-corrected chi connectivity index (χ0v) is 31.1. The summed E-state index contributed by atoms with van der Waals surface area (Å²) in [5, 5.41) is 4.52. The van der Waals surface area contributed by atoms with Crippen molar-refractivity contribution in [1.29, 1.82) is 0 Å². The van der Waals surface area contributed by atoms with Gasteiger partial charge in [-0.2, -0.15) is 0 Å². The Kier molecular flexibility index (Phi) is 7.71. The molecule has 0 radical (unpaired) electrons. The van der Waals surface area contributed by atoms with Crippen LogP contribution in [0.2, 0.25) is 0 Å². The maximum Gasteiger partial charge on any atom is 0.143 e. The molecule has 0 saturated heterocycles. The smallest absolute Gasteiger partial charge is 0.143 e. The van der Waals surface area contributed by atoms with E-state index >= 15 is 0 Å². The van der Waals surface area contributed by atoms with Crippen LogP contribution in [-0.2, 0) is 5.41 Å². The molecule has 0 bridgehead atoms. The van der Waals surface area contributed by atoms with Gasteiger partial charge >= 0.3 is 0 Å². The lowest BCUT2D eigenvalue weighted by molar-refractivity contribution is 0.590. The molecule has 8 aromatic carbocycles. The van der Waals surface area contributed by atoms with Gasteiger partial charge in [-0.3, -0.25) is 0 Å². The number of hydrogen-bond acceptors (Lipinski definition) is 3. The van der Waals surface area contributed by atoms with E-state index in [1.807, 2.05) is 24.3 Å². The summed E-state index contributed by atoms with van der Waals surface area (Å²) in [4.78, 5) is 2.34. The predicted octanol–water partition coefficient (Wildman–Crippen LogP) is 15.3. The van der Waals surface area contributed by atoms with Crippen molar-refractivity contribution < 1.29 is 8.83 Å². The van der Waals surface area contributed by atoms with Crippen molar-refractivity contribution in [2.24, 2.45) is 0 Å². The molecule has 0 saturated carbocycles. The Morgan fingerprint density at radius 3 is 1.58 bits per heavy atom. The van der Waals surface area contributed by atoms with E-state index in [1.54, 1.807) is 0 Å². The maximum absolute atomic E-state index is 6.41. The molecule has 0 aliphatic heterocycles. The van der Waals surface area contributed by atoms with Crippen molar-refractivity contribution in [3.05, 3.63) is 188 Å². The summed E-state index contributed by atoms with van der Waals surface area (Å²) in [7, 11) is 0. The van der Waals surface area contributed by atoms with Gasteiger partial charge in [-0.15, -0.1) is 0 Å². The lowest BCUT2D eigenvalue weighted by Gasteiger charge is -2.26. The summed E-state index contributed by atoms with van der Waals surface area (Å²) < 4.78 is 12.6. The van der Waals surface area contributed by atoms with Crippen LogP contribution >= 0.6 is 0 Å². The van der Waals surface area contributed by atoms with Gasteiger partial charge in [-0.05, 0) is 99.5 Å². The molecular weight excluding hydrogens is 671 g/mol. The lowest BCUT2D eigenvalue weighted by atomic mass is 9.86. The Hall–Kier alpha value is -6.84. The first kappa shape index (κ1) is 32.8. The molecule has 3 heteroatoms. The standard InChI is InChI=1S/C52H39NO2/c1-52(2,3)39-25-18-34(19-26-39)35-20-27-40(28-21-35)53(41-29-22-36(23-30-41)43-14-9-15-46-44-12-4-7-17-49(44)55-51(43)46)42-11-8-10-37(32-42)38-24-31-50-47(33-38)45-13-5-6-16-48(45)54-50/h4-33H,1-3H3. The minimum Gasteiger partial charge on any atom is -0.456 e. The fraction of sp³-hybridized carbons (Fsp3) is 0.0769. The van der Waals surface area contributed by atoms with Crippen LogP contribution < -0.4 is 4.90 Å². The third kappa shape index (κ3) is 5.86. The Morgan fingerprint density at radius 2 is 0.891 bits per heavy atom. The Balaban J connectivity index is 1.06. The summed E-state index contributed by atoms with van der Waals surface area (Å²) in [6.07, 6.45) is 0. The van der Waals surface area contributed by atoms with Crippen molar-refractivity contribution in [3.8, 4) is 33.4 Å². The summed E-state index contributed by atoms with van der Waals surface area (Å²) >= 11 is 0. The number of para-hydroxylation sites is 3. The van der Waals surface area contributed by atoms with Gasteiger partial charge in [0.25, 0.3) is 0 Å². The van der Waals surface area contributed by atoms with Crippen LogP contribution in [0, 0.1) is 0 Å². The molecule has 3 nitrogen and oxygen atoms in total. The van der Waals surface area contributed by atoms with Crippen LogP contribution in [-0.4, -0.2) is 0 Å². The molecule has 0 fully saturated rings. The van der Waals surface area contributed by atoms with Gasteiger partial charge in [0.15, 0.2) is 0 Å². The number of rotatable bonds is 6. The molecule has 2 aromatic heterocycles. The van der Waals surface area contributed by atoms with Gasteiger partial charge in [0.2, 0.25) is 0 Å². The normalized spacial score (nSPS) is 11.9. The number of furan rings is 2. The van der Waals surface area contributed by atoms with E-state index in [-0.39, 0.29) is 5.41 Å². The van der Waals surface area contributed by atoms with Crippen molar-refractivity contribution in [3.63, 3.8) is 0 Å². The third-order valence-electron chi connectivity index (χ3n) is 10.9. The van der Waals surface area contributed by atoms with E-state index in [2.05, 4.69) is 183 Å². The van der Waals surface area contributed by atoms with Crippen molar-refractivity contribution >= 4 is 60.9 Å². The van der Waals surface area contributed by atoms with E-state index in [1.165, 1.54) is 16.7 Å². The van der Waals surface area contributed by atoms with Crippen molar-refractivity contribution in [2.45, 2.75) is 26.2 Å². The number of hydrogen-bond donors (Lipinski definition) is 0. The molecular formula is C52H39NO2. The number of anilines is 3. The largest absolute Gasteiger partial charge is 0.456 e. The molecule has 0 N–H and O–H groups in total. The highest BCUT2D eigenvalue weighted by Gasteiger charge is 2.18. The summed E-state index contributed by atoms with van der Waals surface area (Å²) in [5.41, 5.74) is 15.1. The van der Waals surface area contributed by atoms with E-state index in [0.29, 0.717) is 0 Å². The van der Waals surface area contributed by atoms with Crippen molar-refractivity contribution in [2.75, 3.05) is 4.90 Å². The zero-order valence-electron chi connectivity index (χ0n) is 31.1. The van der Waals surface area contributed by atoms with Crippen LogP contribution in [0.3, 0.4) is 0 Å². The first-order valence-corrected chi connectivity index (χ1v) is 18.9. The van der Waals surface area contributed by atoms with E-state index in [0.717, 1.165) is 83.2 Å². The molecule has 2 heterocycles. The first-order valence-electron chi connectivity index (χ1n) is 18.9. The number of benzene rings is 8. The molecule has 10 rings (SSSR count). The highest BCUT2D eigenvalue weighted by molar-refractivity contribution is 6.09. The minimum atomic E-state index is 0.115. The second-order valence-corrected chi connectivity index (χ2v) is 15.4. The molecule has 0 spiro atoms. The van der Waals surface area contributed by atoms with Crippen LogP contribution in [0.1, 0.15) is 26.3 Å². The van der Waals surface area contributed by atoms with Gasteiger partial charge < -0.3 is 13.7 Å². The van der Waals surface area contributed by atoms with Gasteiger partial charge in [0, 0.05) is 44.2 Å². The summed E-state index contributed by atoms with van der Waals surface area (Å²) in [6, 6.07) is 64.9. The van der Waals surface area contributed by atoms with Gasteiger partial charge in [-0.25, -0.2) is 0 Å². The highest BCUT2D eigenvalue weighted by Crippen LogP contribution is 2.41. The molecule has 0 atom stereocenters. The van der Waals surface area contributed by atoms with Crippen LogP contribution in [0.25, 0.3) is 77.3 Å². The third-order valence-corrected chi connectivity index (χ3v) is 10.9. The molecule has 0 aliphatic carbocycles. The molecule has 0 amide bonds. The predicted molar refractivity (Wildman–Crippen MR) is 231 cm³/mol. The average Bonchev–Trinajstić information content (AvgIpc) is 3.80. The quantitative estimate of drug-likeness (QED) is 0.172. The summed E-state index contributed by atoms with van der Waals surface area (Å²) in [5.74, 6) is 0. The van der Waals surface area contributed by atoms with Gasteiger partial charge in [0.05, 0.1) is 0 Å². The summed E-state index contributed by atoms with van der Waals surface area (Å²) in [6.45, 7) is 6.76. The highest BCUT2D eigenvalue weighted by atomic mass is 16.3. The monoisotopic (exact) mass is 709 g/mol. The molecule has 0 aliphatic rings. The first-order chi connectivity index (χ1) is 26.9. The molecule has 264 valence electrons. The fourth-order valence-electron chi connectivity index (χ4n) is 7.91. The number of fused-ring (bicyclic) bond motifs is 6.